The summed E-state index contributed by atoms with van der Waals surface area (Å²) in [4.78, 5) is 22.4. The van der Waals surface area contributed by atoms with E-state index in [4.69, 9.17) is 4.74 Å². The summed E-state index contributed by atoms with van der Waals surface area (Å²) in [6.07, 6.45) is 0.194. The Morgan fingerprint density at radius 1 is 1.17 bits per heavy atom. The van der Waals surface area contributed by atoms with Gasteiger partial charge in [0.05, 0.1) is 11.5 Å². The molecular weight excluding hydrogens is 310 g/mol. The van der Waals surface area contributed by atoms with Crippen molar-refractivity contribution in [2.24, 2.45) is 0 Å². The van der Waals surface area contributed by atoms with E-state index >= 15 is 0 Å². The summed E-state index contributed by atoms with van der Waals surface area (Å²) in [7, 11) is 0. The number of carbonyl (C=O) groups excluding carboxylic acids is 1. The quantitative estimate of drug-likeness (QED) is 0.571. The lowest BCUT2D eigenvalue weighted by atomic mass is 10.2. The van der Waals surface area contributed by atoms with Crippen molar-refractivity contribution >= 4 is 23.0 Å². The van der Waals surface area contributed by atoms with E-state index in [0.29, 0.717) is 24.5 Å². The minimum Gasteiger partial charge on any atom is -0.494 e. The number of nitrogens with zero attached hydrogens (tertiary/aromatic N) is 1. The molecule has 0 saturated heterocycles. The number of nitro benzene ring substituents is 1. The average molecular weight is 329 g/mol. The number of rotatable bonds is 8. The first kappa shape index (κ1) is 17.3. The largest absolute Gasteiger partial charge is 0.494 e. The molecule has 0 aliphatic rings. The molecular formula is C17H19N3O4. The normalized spacial score (nSPS) is 10.0. The van der Waals surface area contributed by atoms with Crippen LogP contribution in [0.3, 0.4) is 0 Å². The van der Waals surface area contributed by atoms with E-state index in [1.807, 2.05) is 6.92 Å². The molecule has 0 aliphatic carbocycles. The number of benzene rings is 2. The maximum atomic E-state index is 11.9. The molecule has 1 amide bonds. The first-order chi connectivity index (χ1) is 11.6. The van der Waals surface area contributed by atoms with E-state index in [0.717, 1.165) is 5.75 Å². The number of hydrogen-bond donors (Lipinski definition) is 2. The summed E-state index contributed by atoms with van der Waals surface area (Å²) < 4.78 is 5.33. The summed E-state index contributed by atoms with van der Waals surface area (Å²) in [5.74, 6) is 0.568. The molecule has 2 aromatic carbocycles. The van der Waals surface area contributed by atoms with Crippen LogP contribution in [0, 0.1) is 10.1 Å². The molecule has 0 saturated carbocycles. The SMILES string of the molecule is CCOc1ccc(NC(=O)CCNc2ccccc2[N+](=O)[O-])cc1. The van der Waals surface area contributed by atoms with E-state index < -0.39 is 4.92 Å². The van der Waals surface area contributed by atoms with Gasteiger partial charge in [0.1, 0.15) is 11.4 Å². The van der Waals surface area contributed by atoms with Crippen LogP contribution in [-0.4, -0.2) is 24.0 Å². The van der Waals surface area contributed by atoms with Crippen LogP contribution in [0.2, 0.25) is 0 Å². The molecule has 0 unspecified atom stereocenters. The highest BCUT2D eigenvalue weighted by atomic mass is 16.6. The van der Waals surface area contributed by atoms with Crippen LogP contribution in [-0.2, 0) is 4.79 Å². The number of carbonyl (C=O) groups is 1. The molecule has 7 heteroatoms. The Balaban J connectivity index is 1.82. The molecule has 0 aromatic heterocycles. The number of ether oxygens (including phenoxy) is 1. The average Bonchev–Trinajstić information content (AvgIpc) is 2.57. The van der Waals surface area contributed by atoms with Crippen molar-refractivity contribution in [2.45, 2.75) is 13.3 Å². The van der Waals surface area contributed by atoms with Crippen molar-refractivity contribution in [3.63, 3.8) is 0 Å². The lowest BCUT2D eigenvalue weighted by Crippen LogP contribution is -2.16. The number of nitro groups is 1. The van der Waals surface area contributed by atoms with Crippen molar-refractivity contribution in [1.82, 2.24) is 0 Å². The molecule has 0 bridgehead atoms. The number of hydrogen-bond acceptors (Lipinski definition) is 5. The summed E-state index contributed by atoms with van der Waals surface area (Å²) in [5, 5.41) is 16.6. The Morgan fingerprint density at radius 2 is 1.88 bits per heavy atom. The molecule has 2 aromatic rings. The van der Waals surface area contributed by atoms with Crippen LogP contribution in [0.15, 0.2) is 48.5 Å². The monoisotopic (exact) mass is 329 g/mol. The van der Waals surface area contributed by atoms with Gasteiger partial charge in [-0.1, -0.05) is 12.1 Å². The third-order valence-corrected chi connectivity index (χ3v) is 3.22. The van der Waals surface area contributed by atoms with Gasteiger partial charge in [-0.15, -0.1) is 0 Å². The van der Waals surface area contributed by atoms with Gasteiger partial charge in [0.15, 0.2) is 0 Å². The van der Waals surface area contributed by atoms with E-state index in [-0.39, 0.29) is 18.0 Å². The van der Waals surface area contributed by atoms with Gasteiger partial charge in [0.2, 0.25) is 5.91 Å². The molecule has 2 N–H and O–H groups in total. The van der Waals surface area contributed by atoms with Gasteiger partial charge in [-0.3, -0.25) is 14.9 Å². The summed E-state index contributed by atoms with van der Waals surface area (Å²) in [5.41, 5.74) is 1.06. The molecule has 0 radical (unpaired) electrons. The van der Waals surface area contributed by atoms with Crippen molar-refractivity contribution in [3.8, 4) is 5.75 Å². The topological polar surface area (TPSA) is 93.5 Å². The van der Waals surface area contributed by atoms with Crippen molar-refractivity contribution in [1.29, 1.82) is 0 Å². The van der Waals surface area contributed by atoms with Crippen LogP contribution in [0.1, 0.15) is 13.3 Å². The highest BCUT2D eigenvalue weighted by Gasteiger charge is 2.12. The first-order valence-electron chi connectivity index (χ1n) is 7.60. The van der Waals surface area contributed by atoms with Gasteiger partial charge in [0.25, 0.3) is 5.69 Å². The number of nitrogens with one attached hydrogen (secondary N) is 2. The molecule has 24 heavy (non-hydrogen) atoms. The van der Waals surface area contributed by atoms with E-state index in [2.05, 4.69) is 10.6 Å². The highest BCUT2D eigenvalue weighted by molar-refractivity contribution is 5.91. The van der Waals surface area contributed by atoms with E-state index in [1.165, 1.54) is 6.07 Å². The van der Waals surface area contributed by atoms with E-state index in [9.17, 15) is 14.9 Å². The molecule has 0 atom stereocenters. The molecule has 0 heterocycles. The Hall–Kier alpha value is -3.09. The number of para-hydroxylation sites is 2. The second-order valence-corrected chi connectivity index (χ2v) is 4.96. The second kappa shape index (κ2) is 8.52. The van der Waals surface area contributed by atoms with Crippen LogP contribution >= 0.6 is 0 Å². The number of anilines is 2. The summed E-state index contributed by atoms with van der Waals surface area (Å²) in [6, 6.07) is 13.4. The van der Waals surface area contributed by atoms with Gasteiger partial charge in [0, 0.05) is 24.7 Å². The maximum absolute atomic E-state index is 11.9. The molecule has 0 spiro atoms. The fourth-order valence-electron chi connectivity index (χ4n) is 2.12. The van der Waals surface area contributed by atoms with Gasteiger partial charge >= 0.3 is 0 Å². The zero-order valence-electron chi connectivity index (χ0n) is 13.3. The van der Waals surface area contributed by atoms with Crippen molar-refractivity contribution in [3.05, 3.63) is 58.6 Å². The molecule has 7 nitrogen and oxygen atoms in total. The minimum atomic E-state index is -0.456. The van der Waals surface area contributed by atoms with Crippen LogP contribution < -0.4 is 15.4 Å². The van der Waals surface area contributed by atoms with Crippen LogP contribution in [0.25, 0.3) is 0 Å². The summed E-state index contributed by atoms with van der Waals surface area (Å²) in [6.45, 7) is 2.79. The maximum Gasteiger partial charge on any atom is 0.292 e. The third-order valence-electron chi connectivity index (χ3n) is 3.22. The predicted molar refractivity (Wildman–Crippen MR) is 92.4 cm³/mol. The van der Waals surface area contributed by atoms with Crippen LogP contribution in [0.5, 0.6) is 5.75 Å². The lowest BCUT2D eigenvalue weighted by molar-refractivity contribution is -0.384. The molecule has 0 aliphatic heterocycles. The molecule has 2 rings (SSSR count). The fraction of sp³-hybridized carbons (Fsp3) is 0.235. The van der Waals surface area contributed by atoms with Crippen LogP contribution in [0.4, 0.5) is 17.1 Å². The Kier molecular flexibility index (Phi) is 6.13. The standard InChI is InChI=1S/C17H19N3O4/c1-2-24-14-9-7-13(8-10-14)19-17(21)11-12-18-15-5-3-4-6-16(15)20(22)23/h3-10,18H,2,11-12H2,1H3,(H,19,21). The van der Waals surface area contributed by atoms with Gasteiger partial charge in [-0.05, 0) is 37.3 Å². The third kappa shape index (κ3) is 4.98. The zero-order chi connectivity index (χ0) is 17.4. The number of amides is 1. The predicted octanol–water partition coefficient (Wildman–Crippen LogP) is 3.43. The first-order valence-corrected chi connectivity index (χ1v) is 7.60. The summed E-state index contributed by atoms with van der Waals surface area (Å²) >= 11 is 0. The molecule has 126 valence electrons. The Morgan fingerprint density at radius 3 is 2.54 bits per heavy atom. The zero-order valence-corrected chi connectivity index (χ0v) is 13.3. The van der Waals surface area contributed by atoms with Gasteiger partial charge < -0.3 is 15.4 Å². The Bertz CT molecular complexity index is 701. The second-order valence-electron chi connectivity index (χ2n) is 4.96. The fourth-order valence-corrected chi connectivity index (χ4v) is 2.12. The van der Waals surface area contributed by atoms with Gasteiger partial charge in [-0.2, -0.15) is 0 Å². The molecule has 0 fully saturated rings. The lowest BCUT2D eigenvalue weighted by Gasteiger charge is -2.09. The smallest absolute Gasteiger partial charge is 0.292 e. The van der Waals surface area contributed by atoms with E-state index in [1.54, 1.807) is 42.5 Å². The van der Waals surface area contributed by atoms with Crippen molar-refractivity contribution < 1.29 is 14.5 Å². The van der Waals surface area contributed by atoms with Crippen molar-refractivity contribution in [2.75, 3.05) is 23.8 Å². The Labute approximate surface area is 139 Å². The van der Waals surface area contributed by atoms with Gasteiger partial charge in [-0.25, -0.2) is 0 Å². The minimum absolute atomic E-state index is 0.00980. The highest BCUT2D eigenvalue weighted by Crippen LogP contribution is 2.23.